The van der Waals surface area contributed by atoms with Crippen molar-refractivity contribution in [3.05, 3.63) is 53.0 Å². The third-order valence-electron chi connectivity index (χ3n) is 4.91. The number of rotatable bonds is 8. The van der Waals surface area contributed by atoms with Crippen molar-refractivity contribution in [1.82, 2.24) is 9.88 Å². The van der Waals surface area contributed by atoms with Gasteiger partial charge in [0.15, 0.2) is 6.10 Å². The Balaban J connectivity index is 1.71. The number of aromatic nitrogens is 1. The average Bonchev–Trinajstić information content (AvgIpc) is 3.31. The number of thiophene rings is 1. The Morgan fingerprint density at radius 3 is 2.40 bits per heavy atom. The van der Waals surface area contributed by atoms with Crippen LogP contribution >= 0.6 is 11.3 Å². The van der Waals surface area contributed by atoms with Gasteiger partial charge in [-0.25, -0.2) is 4.79 Å². The van der Waals surface area contributed by atoms with E-state index in [1.807, 2.05) is 74.0 Å². The normalized spacial score (nSPS) is 12.4. The second-order valence-corrected chi connectivity index (χ2v) is 8.75. The van der Waals surface area contributed by atoms with Crippen molar-refractivity contribution in [2.75, 3.05) is 7.11 Å². The molecule has 0 saturated carbocycles. The van der Waals surface area contributed by atoms with Crippen molar-refractivity contribution < 1.29 is 19.1 Å². The van der Waals surface area contributed by atoms with E-state index in [1.165, 1.54) is 0 Å². The molecule has 3 rings (SSSR count). The Morgan fingerprint density at radius 2 is 1.80 bits per heavy atom. The monoisotopic (exact) mass is 428 g/mol. The van der Waals surface area contributed by atoms with E-state index in [0.717, 1.165) is 21.5 Å². The molecule has 3 aromatic rings. The van der Waals surface area contributed by atoms with Crippen LogP contribution in [0.3, 0.4) is 0 Å². The van der Waals surface area contributed by atoms with Gasteiger partial charge in [0, 0.05) is 12.6 Å². The van der Waals surface area contributed by atoms with Crippen LogP contribution in [0, 0.1) is 5.92 Å². The number of hydrogen-bond acceptors (Lipinski definition) is 5. The van der Waals surface area contributed by atoms with Crippen molar-refractivity contribution >= 4 is 33.4 Å². The van der Waals surface area contributed by atoms with Gasteiger partial charge < -0.3 is 19.4 Å². The lowest BCUT2D eigenvalue weighted by Gasteiger charge is -2.22. The summed E-state index contributed by atoms with van der Waals surface area (Å²) in [6.07, 6.45) is -0.871. The van der Waals surface area contributed by atoms with Gasteiger partial charge in [0.05, 0.1) is 17.3 Å². The predicted octanol–water partition coefficient (Wildman–Crippen LogP) is 4.79. The van der Waals surface area contributed by atoms with Crippen molar-refractivity contribution in [2.24, 2.45) is 5.92 Å². The molecule has 7 heteroatoms. The standard InChI is InChI=1S/C23H28N2O4S/c1-14(2)21(22(26)24-13-16-6-8-17(28-5)9-7-16)29-23(27)19-12-20-18(10-11-30-20)25(19)15(3)4/h6-12,14-15,21H,13H2,1-5H3,(H,24,26)/t21-/m1/s1. The van der Waals surface area contributed by atoms with Crippen molar-refractivity contribution in [3.63, 3.8) is 0 Å². The molecule has 0 spiro atoms. The lowest BCUT2D eigenvalue weighted by molar-refractivity contribution is -0.132. The van der Waals surface area contributed by atoms with Crippen LogP contribution in [0.25, 0.3) is 10.2 Å². The highest BCUT2D eigenvalue weighted by atomic mass is 32.1. The number of esters is 1. The molecule has 1 N–H and O–H groups in total. The molecule has 0 radical (unpaired) electrons. The van der Waals surface area contributed by atoms with Gasteiger partial charge >= 0.3 is 5.97 Å². The van der Waals surface area contributed by atoms with Gasteiger partial charge in [0.2, 0.25) is 0 Å². The zero-order valence-corrected chi connectivity index (χ0v) is 18.8. The number of nitrogens with one attached hydrogen (secondary N) is 1. The van der Waals surface area contributed by atoms with E-state index < -0.39 is 12.1 Å². The van der Waals surface area contributed by atoms with Crippen LogP contribution in [0.5, 0.6) is 5.75 Å². The highest BCUT2D eigenvalue weighted by Gasteiger charge is 2.29. The number of fused-ring (bicyclic) bond motifs is 1. The Kier molecular flexibility index (Phi) is 6.82. The number of nitrogens with zero attached hydrogens (tertiary/aromatic N) is 1. The van der Waals surface area contributed by atoms with Crippen LogP contribution in [-0.4, -0.2) is 29.7 Å². The number of hydrogen-bond donors (Lipinski definition) is 1. The lowest BCUT2D eigenvalue weighted by atomic mass is 10.1. The first-order valence-corrected chi connectivity index (χ1v) is 10.9. The third kappa shape index (κ3) is 4.67. The van der Waals surface area contributed by atoms with Crippen LogP contribution in [0.15, 0.2) is 41.8 Å². The van der Waals surface area contributed by atoms with Gasteiger partial charge in [-0.3, -0.25) is 4.79 Å². The van der Waals surface area contributed by atoms with Gasteiger partial charge in [0.1, 0.15) is 11.4 Å². The van der Waals surface area contributed by atoms with Crippen LogP contribution in [-0.2, 0) is 16.1 Å². The molecule has 0 fully saturated rings. The van der Waals surface area contributed by atoms with Gasteiger partial charge in [-0.2, -0.15) is 0 Å². The summed E-state index contributed by atoms with van der Waals surface area (Å²) in [4.78, 5) is 25.7. The summed E-state index contributed by atoms with van der Waals surface area (Å²) in [6, 6.07) is 11.4. The Morgan fingerprint density at radius 1 is 1.10 bits per heavy atom. The number of ether oxygens (including phenoxy) is 2. The lowest BCUT2D eigenvalue weighted by Crippen LogP contribution is -2.41. The molecule has 0 aliphatic carbocycles. The molecule has 0 unspecified atom stereocenters. The molecule has 1 aromatic carbocycles. The molecule has 2 heterocycles. The van der Waals surface area contributed by atoms with Crippen LogP contribution in [0.1, 0.15) is 49.8 Å². The summed E-state index contributed by atoms with van der Waals surface area (Å²) in [5.74, 6) is -0.190. The molecule has 0 aliphatic rings. The number of carbonyl (C=O) groups is 2. The molecular formula is C23H28N2O4S. The summed E-state index contributed by atoms with van der Waals surface area (Å²) < 4.78 is 13.8. The van der Waals surface area contributed by atoms with Crippen LogP contribution in [0.2, 0.25) is 0 Å². The van der Waals surface area contributed by atoms with E-state index in [-0.39, 0.29) is 17.9 Å². The largest absolute Gasteiger partial charge is 0.497 e. The zero-order valence-electron chi connectivity index (χ0n) is 18.0. The summed E-state index contributed by atoms with van der Waals surface area (Å²) in [5, 5.41) is 4.87. The zero-order chi connectivity index (χ0) is 21.8. The quantitative estimate of drug-likeness (QED) is 0.524. The van der Waals surface area contributed by atoms with E-state index in [0.29, 0.717) is 12.2 Å². The summed E-state index contributed by atoms with van der Waals surface area (Å²) in [7, 11) is 1.61. The van der Waals surface area contributed by atoms with Gasteiger partial charge in [0.25, 0.3) is 5.91 Å². The minimum Gasteiger partial charge on any atom is -0.497 e. The summed E-state index contributed by atoms with van der Waals surface area (Å²) in [5.41, 5.74) is 2.42. The molecule has 160 valence electrons. The first-order chi connectivity index (χ1) is 14.3. The fourth-order valence-electron chi connectivity index (χ4n) is 3.36. The molecule has 0 saturated heterocycles. The van der Waals surface area contributed by atoms with Gasteiger partial charge in [-0.1, -0.05) is 26.0 Å². The van der Waals surface area contributed by atoms with Crippen molar-refractivity contribution in [1.29, 1.82) is 0 Å². The topological polar surface area (TPSA) is 69.6 Å². The fourth-order valence-corrected chi connectivity index (χ4v) is 4.17. The van der Waals surface area contributed by atoms with E-state index in [2.05, 4.69) is 5.32 Å². The minimum atomic E-state index is -0.871. The average molecular weight is 429 g/mol. The van der Waals surface area contributed by atoms with E-state index in [1.54, 1.807) is 18.4 Å². The molecule has 0 bridgehead atoms. The van der Waals surface area contributed by atoms with E-state index >= 15 is 0 Å². The first kappa shape index (κ1) is 21.9. The van der Waals surface area contributed by atoms with E-state index in [4.69, 9.17) is 9.47 Å². The number of amides is 1. The third-order valence-corrected chi connectivity index (χ3v) is 5.76. The highest BCUT2D eigenvalue weighted by molar-refractivity contribution is 7.17. The highest BCUT2D eigenvalue weighted by Crippen LogP contribution is 2.29. The number of benzene rings is 1. The fraction of sp³-hybridized carbons (Fsp3) is 0.391. The van der Waals surface area contributed by atoms with E-state index in [9.17, 15) is 9.59 Å². The Hall–Kier alpha value is -2.80. The van der Waals surface area contributed by atoms with Crippen LogP contribution in [0.4, 0.5) is 0 Å². The molecule has 0 aliphatic heterocycles. The molecule has 1 amide bonds. The van der Waals surface area contributed by atoms with Crippen molar-refractivity contribution in [2.45, 2.75) is 46.4 Å². The Labute approximate surface area is 180 Å². The molecular weight excluding hydrogens is 400 g/mol. The van der Waals surface area contributed by atoms with Gasteiger partial charge in [-0.15, -0.1) is 11.3 Å². The number of carbonyl (C=O) groups excluding carboxylic acids is 2. The number of methoxy groups -OCH3 is 1. The maximum absolute atomic E-state index is 13.0. The minimum absolute atomic E-state index is 0.0982. The smallest absolute Gasteiger partial charge is 0.355 e. The summed E-state index contributed by atoms with van der Waals surface area (Å²) in [6.45, 7) is 8.13. The maximum Gasteiger partial charge on any atom is 0.355 e. The Bertz CT molecular complexity index is 1020. The maximum atomic E-state index is 13.0. The molecule has 2 aromatic heterocycles. The van der Waals surface area contributed by atoms with Gasteiger partial charge in [-0.05, 0) is 55.0 Å². The second-order valence-electron chi connectivity index (χ2n) is 7.80. The molecule has 30 heavy (non-hydrogen) atoms. The van der Waals surface area contributed by atoms with Crippen LogP contribution < -0.4 is 10.1 Å². The predicted molar refractivity (Wildman–Crippen MR) is 119 cm³/mol. The van der Waals surface area contributed by atoms with Crippen molar-refractivity contribution in [3.8, 4) is 5.75 Å². The SMILES string of the molecule is COc1ccc(CNC(=O)[C@H](OC(=O)c2cc3sccc3n2C(C)C)C(C)C)cc1. The molecule has 6 nitrogen and oxygen atoms in total. The summed E-state index contributed by atoms with van der Waals surface area (Å²) >= 11 is 1.58. The second kappa shape index (κ2) is 9.34. The first-order valence-electron chi connectivity index (χ1n) is 10.0. The molecule has 1 atom stereocenters.